The molecule has 0 saturated carbocycles. The van der Waals surface area contributed by atoms with E-state index in [1.807, 2.05) is 0 Å². The highest BCUT2D eigenvalue weighted by Gasteiger charge is 2.59. The van der Waals surface area contributed by atoms with Crippen molar-refractivity contribution in [3.05, 3.63) is 11.8 Å². The van der Waals surface area contributed by atoms with Crippen LogP contribution in [0.25, 0.3) is 0 Å². The highest BCUT2D eigenvalue weighted by Crippen LogP contribution is 2.35. The van der Waals surface area contributed by atoms with E-state index in [-0.39, 0.29) is 0 Å². The molecular weight excluding hydrogens is 344 g/mol. The number of ether oxygens (including phenoxy) is 3. The van der Waals surface area contributed by atoms with E-state index < -0.39 is 60.3 Å². The van der Waals surface area contributed by atoms with Crippen LogP contribution in [-0.4, -0.2) is 99.1 Å². The van der Waals surface area contributed by atoms with Gasteiger partial charge in [0.1, 0.15) is 24.1 Å². The van der Waals surface area contributed by atoms with E-state index in [1.165, 1.54) is 0 Å². The molecule has 0 aromatic rings. The van der Waals surface area contributed by atoms with Crippen LogP contribution in [0.15, 0.2) is 11.8 Å². The Balaban J connectivity index is 2.45. The van der Waals surface area contributed by atoms with E-state index >= 15 is 0 Å². The largest absolute Gasteiger partial charge is 0.497 e. The van der Waals surface area contributed by atoms with Gasteiger partial charge in [0, 0.05) is 13.1 Å². The fraction of sp³-hybridized carbons (Fsp3) is 0.692. The van der Waals surface area contributed by atoms with Gasteiger partial charge in [-0.2, -0.15) is 0 Å². The number of hydrogen-bond donors (Lipinski definition) is 6. The first-order valence-electron chi connectivity index (χ1n) is 7.14. The highest BCUT2D eigenvalue weighted by atomic mass is 16.8. The fourth-order valence-corrected chi connectivity index (χ4v) is 2.59. The summed E-state index contributed by atoms with van der Waals surface area (Å²) in [6, 6.07) is 0. The van der Waals surface area contributed by atoms with Crippen LogP contribution in [0, 0.1) is 0 Å². The van der Waals surface area contributed by atoms with Crippen molar-refractivity contribution in [3.8, 4) is 0 Å². The Kier molecular flexibility index (Phi) is 5.34. The zero-order valence-electron chi connectivity index (χ0n) is 13.3. The standard InChI is InChI=1S/C13H20N2O10/c1-15-5(16)3-4(23-2)13(11(14)21,12(15)22)25-10-8(19)6(17)7(18)9(20)24-10/h3,6-10,12,17-20,22H,1-2H3,(H2,14,21)/t6-,7-,8+,9-,10-,12-,13-/m0/s1. The first-order chi connectivity index (χ1) is 11.6. The van der Waals surface area contributed by atoms with Crippen LogP contribution in [0.5, 0.6) is 0 Å². The van der Waals surface area contributed by atoms with Crippen molar-refractivity contribution in [1.29, 1.82) is 0 Å². The van der Waals surface area contributed by atoms with Crippen molar-refractivity contribution >= 4 is 11.8 Å². The Morgan fingerprint density at radius 3 is 2.36 bits per heavy atom. The summed E-state index contributed by atoms with van der Waals surface area (Å²) in [7, 11) is 2.24. The minimum absolute atomic E-state index is 0.471. The van der Waals surface area contributed by atoms with Crippen LogP contribution in [0.4, 0.5) is 0 Å². The minimum Gasteiger partial charge on any atom is -0.497 e. The smallest absolute Gasteiger partial charge is 0.262 e. The number of aliphatic hydroxyl groups excluding tert-OH is 5. The Hall–Kier alpha value is -1.80. The van der Waals surface area contributed by atoms with Gasteiger partial charge in [-0.25, -0.2) is 0 Å². The summed E-state index contributed by atoms with van der Waals surface area (Å²) >= 11 is 0. The lowest BCUT2D eigenvalue weighted by Gasteiger charge is -2.46. The molecule has 7 N–H and O–H groups in total. The number of hydrogen-bond acceptors (Lipinski definition) is 10. The minimum atomic E-state index is -2.50. The summed E-state index contributed by atoms with van der Waals surface area (Å²) in [5.74, 6) is -2.48. The second-order valence-corrected chi connectivity index (χ2v) is 5.62. The number of primary amides is 1. The molecular formula is C13H20N2O10. The van der Waals surface area contributed by atoms with Crippen LogP contribution in [-0.2, 0) is 23.8 Å². The van der Waals surface area contributed by atoms with Crippen molar-refractivity contribution in [3.63, 3.8) is 0 Å². The maximum atomic E-state index is 12.1. The molecule has 0 aliphatic carbocycles. The molecule has 2 aliphatic rings. The molecule has 12 nitrogen and oxygen atoms in total. The third-order valence-electron chi connectivity index (χ3n) is 4.13. The van der Waals surface area contributed by atoms with Gasteiger partial charge < -0.3 is 50.4 Å². The molecule has 0 unspecified atom stereocenters. The topological polar surface area (TPSA) is 192 Å². The summed E-state index contributed by atoms with van der Waals surface area (Å²) in [5.41, 5.74) is 2.84. The normalized spacial score (nSPS) is 42.1. The predicted molar refractivity (Wildman–Crippen MR) is 75.8 cm³/mol. The average molecular weight is 364 g/mol. The molecule has 12 heteroatoms. The number of nitrogens with zero attached hydrogens (tertiary/aromatic N) is 1. The summed E-state index contributed by atoms with van der Waals surface area (Å²) in [4.78, 5) is 24.6. The molecule has 25 heavy (non-hydrogen) atoms. The maximum Gasteiger partial charge on any atom is 0.262 e. The first-order valence-corrected chi connectivity index (χ1v) is 7.14. The van der Waals surface area contributed by atoms with Crippen molar-refractivity contribution in [1.82, 2.24) is 4.90 Å². The van der Waals surface area contributed by atoms with Gasteiger partial charge in [-0.3, -0.25) is 9.59 Å². The molecule has 0 aromatic heterocycles. The van der Waals surface area contributed by atoms with E-state index in [1.54, 1.807) is 0 Å². The second kappa shape index (κ2) is 6.84. The van der Waals surface area contributed by atoms with Crippen LogP contribution < -0.4 is 5.73 Å². The molecule has 1 fully saturated rings. The first kappa shape index (κ1) is 19.5. The van der Waals surface area contributed by atoms with E-state index in [9.17, 15) is 35.1 Å². The summed E-state index contributed by atoms with van der Waals surface area (Å²) in [6.45, 7) is 0. The molecule has 2 amide bonds. The maximum absolute atomic E-state index is 12.1. The van der Waals surface area contributed by atoms with Crippen LogP contribution in [0.1, 0.15) is 0 Å². The lowest BCUT2D eigenvalue weighted by Crippen LogP contribution is -2.69. The van der Waals surface area contributed by atoms with Crippen LogP contribution >= 0.6 is 0 Å². The van der Waals surface area contributed by atoms with E-state index in [0.717, 1.165) is 25.1 Å². The van der Waals surface area contributed by atoms with Gasteiger partial charge in [0.25, 0.3) is 17.4 Å². The average Bonchev–Trinajstić information content (AvgIpc) is 2.57. The zero-order valence-corrected chi connectivity index (χ0v) is 13.3. The number of aliphatic hydroxyl groups is 5. The van der Waals surface area contributed by atoms with Gasteiger partial charge in [-0.15, -0.1) is 0 Å². The molecule has 0 bridgehead atoms. The zero-order chi connectivity index (χ0) is 19.1. The Morgan fingerprint density at radius 1 is 1.24 bits per heavy atom. The van der Waals surface area contributed by atoms with Gasteiger partial charge in [0.2, 0.25) is 0 Å². The second-order valence-electron chi connectivity index (χ2n) is 5.62. The number of carbonyl (C=O) groups excluding carboxylic acids is 2. The molecule has 2 aliphatic heterocycles. The van der Waals surface area contributed by atoms with E-state index in [2.05, 4.69) is 0 Å². The molecule has 7 atom stereocenters. The third kappa shape index (κ3) is 2.97. The molecule has 2 heterocycles. The summed E-state index contributed by atoms with van der Waals surface area (Å²) < 4.78 is 15.1. The number of methoxy groups -OCH3 is 1. The number of nitrogens with two attached hydrogens (primary N) is 1. The third-order valence-corrected chi connectivity index (χ3v) is 4.13. The molecule has 0 radical (unpaired) electrons. The quantitative estimate of drug-likeness (QED) is 0.282. The van der Waals surface area contributed by atoms with E-state index in [0.29, 0.717) is 0 Å². The van der Waals surface area contributed by atoms with E-state index in [4.69, 9.17) is 19.9 Å². The highest BCUT2D eigenvalue weighted by molar-refractivity contribution is 5.96. The lowest BCUT2D eigenvalue weighted by molar-refractivity contribution is -0.363. The predicted octanol–water partition coefficient (Wildman–Crippen LogP) is -4.69. The Bertz CT molecular complexity index is 583. The Labute approximate surface area is 141 Å². The molecule has 0 spiro atoms. The van der Waals surface area contributed by atoms with Gasteiger partial charge in [0.05, 0.1) is 7.11 Å². The van der Waals surface area contributed by atoms with Crippen LogP contribution in [0.3, 0.4) is 0 Å². The molecule has 2 rings (SSSR count). The lowest BCUT2D eigenvalue weighted by atomic mass is 9.92. The summed E-state index contributed by atoms with van der Waals surface area (Å²) in [5, 5.41) is 49.1. The molecule has 1 saturated heterocycles. The summed E-state index contributed by atoms with van der Waals surface area (Å²) in [6.07, 6.45) is -10.6. The number of rotatable bonds is 4. The van der Waals surface area contributed by atoms with Gasteiger partial charge in [-0.1, -0.05) is 0 Å². The molecule has 142 valence electrons. The number of carbonyl (C=O) groups is 2. The SMILES string of the molecule is COC1=CC(=O)N(C)[C@@H](O)[C@@]1(O[C@@H]1O[C@H](O)[C@@H](O)[C@H](O)[C@H]1O)C(N)=O. The molecule has 0 aromatic carbocycles. The van der Waals surface area contributed by atoms with Gasteiger partial charge >= 0.3 is 0 Å². The van der Waals surface area contributed by atoms with Crippen molar-refractivity contribution < 1.29 is 49.3 Å². The Morgan fingerprint density at radius 2 is 1.84 bits per heavy atom. The monoisotopic (exact) mass is 364 g/mol. The van der Waals surface area contributed by atoms with Crippen LogP contribution in [0.2, 0.25) is 0 Å². The fourth-order valence-electron chi connectivity index (χ4n) is 2.59. The number of amides is 2. The van der Waals surface area contributed by atoms with Crippen molar-refractivity contribution in [2.75, 3.05) is 14.2 Å². The number of likely N-dealkylation sites (N-methyl/N-ethyl adjacent to an activating group) is 1. The van der Waals surface area contributed by atoms with Crippen molar-refractivity contribution in [2.24, 2.45) is 5.73 Å². The van der Waals surface area contributed by atoms with Gasteiger partial charge in [-0.05, 0) is 0 Å². The van der Waals surface area contributed by atoms with Gasteiger partial charge in [0.15, 0.2) is 18.8 Å². The van der Waals surface area contributed by atoms with Crippen molar-refractivity contribution in [2.45, 2.75) is 42.7 Å².